The number of rotatable bonds is 8. The average molecular weight is 228 g/mol. The first kappa shape index (κ1) is 14.8. The van der Waals surface area contributed by atoms with E-state index in [2.05, 4.69) is 6.58 Å². The molecule has 0 aliphatic heterocycles. The van der Waals surface area contributed by atoms with Gasteiger partial charge in [0.05, 0.1) is 5.92 Å². The van der Waals surface area contributed by atoms with Crippen LogP contribution in [-0.2, 0) is 19.1 Å². The highest BCUT2D eigenvalue weighted by molar-refractivity contribution is 5.79. The standard InChI is InChI=1S/C12H20O4/c1-5-6-7-11(9(2)13)8-16-12(14)10(3)15-4/h5,10-11H,1,6-8H2,2-4H3. The van der Waals surface area contributed by atoms with Crippen LogP contribution in [0.1, 0.15) is 26.7 Å². The topological polar surface area (TPSA) is 52.6 Å². The maximum absolute atomic E-state index is 11.3. The second kappa shape index (κ2) is 8.05. The van der Waals surface area contributed by atoms with Crippen molar-refractivity contribution in [1.29, 1.82) is 0 Å². The Kier molecular flexibility index (Phi) is 7.46. The maximum Gasteiger partial charge on any atom is 0.334 e. The van der Waals surface area contributed by atoms with Gasteiger partial charge >= 0.3 is 5.97 Å². The van der Waals surface area contributed by atoms with Gasteiger partial charge < -0.3 is 9.47 Å². The van der Waals surface area contributed by atoms with Crippen molar-refractivity contribution < 1.29 is 19.1 Å². The van der Waals surface area contributed by atoms with Gasteiger partial charge in [0.25, 0.3) is 0 Å². The number of ether oxygens (including phenoxy) is 2. The molecule has 0 aliphatic rings. The molecule has 0 bridgehead atoms. The predicted octanol–water partition coefficient (Wildman–Crippen LogP) is 1.74. The molecule has 0 rings (SSSR count). The van der Waals surface area contributed by atoms with E-state index in [0.29, 0.717) is 6.42 Å². The van der Waals surface area contributed by atoms with Crippen molar-refractivity contribution in [2.75, 3.05) is 13.7 Å². The average Bonchev–Trinajstić information content (AvgIpc) is 2.27. The van der Waals surface area contributed by atoms with Crippen LogP contribution in [0.4, 0.5) is 0 Å². The van der Waals surface area contributed by atoms with E-state index in [1.807, 2.05) is 0 Å². The van der Waals surface area contributed by atoms with E-state index < -0.39 is 12.1 Å². The summed E-state index contributed by atoms with van der Waals surface area (Å²) < 4.78 is 9.81. The third-order valence-corrected chi connectivity index (χ3v) is 2.41. The summed E-state index contributed by atoms with van der Waals surface area (Å²) in [6, 6.07) is 0. The zero-order valence-corrected chi connectivity index (χ0v) is 10.2. The lowest BCUT2D eigenvalue weighted by Gasteiger charge is -2.15. The summed E-state index contributed by atoms with van der Waals surface area (Å²) in [6.45, 7) is 6.82. The Hall–Kier alpha value is -1.16. The summed E-state index contributed by atoms with van der Waals surface area (Å²) >= 11 is 0. The number of hydrogen-bond acceptors (Lipinski definition) is 4. The molecule has 0 fully saturated rings. The Morgan fingerprint density at radius 3 is 2.50 bits per heavy atom. The number of carbonyl (C=O) groups excluding carboxylic acids is 2. The van der Waals surface area contributed by atoms with Crippen LogP contribution in [0.2, 0.25) is 0 Å². The van der Waals surface area contributed by atoms with Crippen LogP contribution in [0.5, 0.6) is 0 Å². The van der Waals surface area contributed by atoms with E-state index in [-0.39, 0.29) is 18.3 Å². The maximum atomic E-state index is 11.3. The molecule has 0 spiro atoms. The van der Waals surface area contributed by atoms with E-state index in [0.717, 1.165) is 6.42 Å². The first-order chi connectivity index (χ1) is 7.52. The molecule has 0 aromatic rings. The molecule has 0 heterocycles. The van der Waals surface area contributed by atoms with Gasteiger partial charge in [-0.3, -0.25) is 4.79 Å². The summed E-state index contributed by atoms with van der Waals surface area (Å²) in [6.07, 6.45) is 2.55. The Bertz CT molecular complexity index is 247. The number of methoxy groups -OCH3 is 1. The van der Waals surface area contributed by atoms with Gasteiger partial charge in [0.15, 0.2) is 6.10 Å². The molecule has 0 N–H and O–H groups in total. The fraction of sp³-hybridized carbons (Fsp3) is 0.667. The van der Waals surface area contributed by atoms with Crippen LogP contribution in [-0.4, -0.2) is 31.6 Å². The molecule has 0 aliphatic carbocycles. The number of esters is 1. The Labute approximate surface area is 96.6 Å². The molecule has 0 amide bonds. The van der Waals surface area contributed by atoms with Crippen molar-refractivity contribution in [1.82, 2.24) is 0 Å². The number of hydrogen-bond donors (Lipinski definition) is 0. The molecule has 2 atom stereocenters. The van der Waals surface area contributed by atoms with Gasteiger partial charge in [-0.25, -0.2) is 4.79 Å². The van der Waals surface area contributed by atoms with Crippen LogP contribution in [0.3, 0.4) is 0 Å². The molecule has 0 radical (unpaired) electrons. The molecule has 16 heavy (non-hydrogen) atoms. The number of Topliss-reactive ketones (excluding diaryl/α,β-unsaturated/α-hetero) is 1. The van der Waals surface area contributed by atoms with Crippen LogP contribution in [0, 0.1) is 5.92 Å². The lowest BCUT2D eigenvalue weighted by molar-refractivity contribution is -0.156. The Balaban J connectivity index is 4.06. The van der Waals surface area contributed by atoms with Gasteiger partial charge in [0.1, 0.15) is 12.4 Å². The SMILES string of the molecule is C=CCCC(COC(=O)C(C)OC)C(C)=O. The van der Waals surface area contributed by atoms with Gasteiger partial charge in [-0.1, -0.05) is 6.08 Å². The zero-order valence-electron chi connectivity index (χ0n) is 10.2. The molecule has 0 saturated carbocycles. The molecule has 0 saturated heterocycles. The first-order valence-corrected chi connectivity index (χ1v) is 5.33. The van der Waals surface area contributed by atoms with E-state index in [9.17, 15) is 9.59 Å². The smallest absolute Gasteiger partial charge is 0.334 e. The monoisotopic (exact) mass is 228 g/mol. The lowest BCUT2D eigenvalue weighted by Crippen LogP contribution is -2.26. The molecular formula is C12H20O4. The second-order valence-corrected chi connectivity index (χ2v) is 3.68. The third kappa shape index (κ3) is 5.66. The number of allylic oxidation sites excluding steroid dienone is 1. The highest BCUT2D eigenvalue weighted by atomic mass is 16.6. The van der Waals surface area contributed by atoms with E-state index in [1.54, 1.807) is 13.0 Å². The van der Waals surface area contributed by atoms with Crippen LogP contribution in [0.15, 0.2) is 12.7 Å². The Morgan fingerprint density at radius 1 is 1.44 bits per heavy atom. The molecule has 92 valence electrons. The van der Waals surface area contributed by atoms with Crippen molar-refractivity contribution in [2.45, 2.75) is 32.8 Å². The van der Waals surface area contributed by atoms with E-state index in [4.69, 9.17) is 9.47 Å². The van der Waals surface area contributed by atoms with Crippen LogP contribution < -0.4 is 0 Å². The van der Waals surface area contributed by atoms with Gasteiger partial charge in [-0.15, -0.1) is 6.58 Å². The minimum atomic E-state index is -0.591. The van der Waals surface area contributed by atoms with E-state index >= 15 is 0 Å². The highest BCUT2D eigenvalue weighted by Gasteiger charge is 2.18. The summed E-state index contributed by atoms with van der Waals surface area (Å²) in [5.74, 6) is -0.655. The van der Waals surface area contributed by atoms with Gasteiger partial charge in [-0.2, -0.15) is 0 Å². The van der Waals surface area contributed by atoms with Crippen molar-refractivity contribution in [3.05, 3.63) is 12.7 Å². The minimum Gasteiger partial charge on any atom is -0.463 e. The number of carbonyl (C=O) groups is 2. The lowest BCUT2D eigenvalue weighted by atomic mass is 10.0. The van der Waals surface area contributed by atoms with Crippen molar-refractivity contribution in [3.63, 3.8) is 0 Å². The highest BCUT2D eigenvalue weighted by Crippen LogP contribution is 2.09. The van der Waals surface area contributed by atoms with Gasteiger partial charge in [0, 0.05) is 7.11 Å². The molecule has 2 unspecified atom stereocenters. The summed E-state index contributed by atoms with van der Waals surface area (Å²) in [5.41, 5.74) is 0. The summed E-state index contributed by atoms with van der Waals surface area (Å²) in [7, 11) is 1.44. The largest absolute Gasteiger partial charge is 0.463 e. The quantitative estimate of drug-likeness (QED) is 0.469. The molecule has 4 nitrogen and oxygen atoms in total. The van der Waals surface area contributed by atoms with E-state index in [1.165, 1.54) is 14.0 Å². The van der Waals surface area contributed by atoms with Crippen molar-refractivity contribution >= 4 is 11.8 Å². The van der Waals surface area contributed by atoms with Crippen LogP contribution in [0.25, 0.3) is 0 Å². The van der Waals surface area contributed by atoms with Crippen molar-refractivity contribution in [2.24, 2.45) is 5.92 Å². The van der Waals surface area contributed by atoms with Gasteiger partial charge in [0.2, 0.25) is 0 Å². The molecule has 0 aromatic carbocycles. The summed E-state index contributed by atoms with van der Waals surface area (Å²) in [4.78, 5) is 22.5. The molecule has 0 aromatic heterocycles. The molecule has 4 heteroatoms. The normalized spacial score (nSPS) is 13.9. The first-order valence-electron chi connectivity index (χ1n) is 5.33. The fourth-order valence-corrected chi connectivity index (χ4v) is 1.12. The minimum absolute atomic E-state index is 0.0275. The zero-order chi connectivity index (χ0) is 12.6. The fourth-order valence-electron chi connectivity index (χ4n) is 1.12. The third-order valence-electron chi connectivity index (χ3n) is 2.41. The Morgan fingerprint density at radius 2 is 2.06 bits per heavy atom. The van der Waals surface area contributed by atoms with Crippen molar-refractivity contribution in [3.8, 4) is 0 Å². The number of ketones is 1. The second-order valence-electron chi connectivity index (χ2n) is 3.68. The van der Waals surface area contributed by atoms with Gasteiger partial charge in [-0.05, 0) is 26.7 Å². The summed E-state index contributed by atoms with van der Waals surface area (Å²) in [5, 5.41) is 0. The molecular weight excluding hydrogens is 208 g/mol. The van der Waals surface area contributed by atoms with Crippen LogP contribution >= 0.6 is 0 Å². The predicted molar refractivity (Wildman–Crippen MR) is 61.0 cm³/mol.